The Morgan fingerprint density at radius 3 is 3.13 bits per heavy atom. The van der Waals surface area contributed by atoms with Crippen molar-refractivity contribution in [3.8, 4) is 0 Å². The van der Waals surface area contributed by atoms with Gasteiger partial charge in [0, 0.05) is 28.2 Å². The van der Waals surface area contributed by atoms with E-state index in [2.05, 4.69) is 20.9 Å². The van der Waals surface area contributed by atoms with Crippen LogP contribution in [0.3, 0.4) is 0 Å². The molecule has 0 radical (unpaired) electrons. The Hall–Kier alpha value is -1.16. The van der Waals surface area contributed by atoms with Gasteiger partial charge in [-0.3, -0.25) is 4.98 Å². The molecule has 3 nitrogen and oxygen atoms in total. The zero-order chi connectivity index (χ0) is 10.8. The number of carbonyl (C=O) groups is 1. The van der Waals surface area contributed by atoms with Gasteiger partial charge in [0.2, 0.25) is 0 Å². The first-order valence-corrected chi connectivity index (χ1v) is 5.52. The van der Waals surface area contributed by atoms with Crippen LogP contribution in [-0.2, 0) is 16.0 Å². The molecule has 0 atom stereocenters. The van der Waals surface area contributed by atoms with Crippen molar-refractivity contribution in [2.45, 2.75) is 13.3 Å². The topological polar surface area (TPSA) is 39.2 Å². The smallest absolute Gasteiger partial charge is 0.334 e. The minimum Gasteiger partial charge on any atom is -0.463 e. The lowest BCUT2D eigenvalue weighted by atomic mass is 10.2. The van der Waals surface area contributed by atoms with Gasteiger partial charge in [-0.1, -0.05) is 15.9 Å². The van der Waals surface area contributed by atoms with Crippen molar-refractivity contribution in [2.24, 2.45) is 0 Å². The number of fused-ring (bicyclic) bond motifs is 1. The van der Waals surface area contributed by atoms with Crippen LogP contribution in [0.2, 0.25) is 0 Å². The largest absolute Gasteiger partial charge is 0.463 e. The van der Waals surface area contributed by atoms with Crippen LogP contribution >= 0.6 is 15.9 Å². The van der Waals surface area contributed by atoms with Crippen LogP contribution in [0, 0.1) is 0 Å². The summed E-state index contributed by atoms with van der Waals surface area (Å²) in [6, 6.07) is 1.86. The number of rotatable bonds is 2. The van der Waals surface area contributed by atoms with E-state index in [1.165, 1.54) is 0 Å². The van der Waals surface area contributed by atoms with Crippen molar-refractivity contribution < 1.29 is 9.53 Å². The van der Waals surface area contributed by atoms with Crippen LogP contribution in [-0.4, -0.2) is 17.6 Å². The molecule has 0 spiro atoms. The van der Waals surface area contributed by atoms with Crippen molar-refractivity contribution in [3.05, 3.63) is 33.6 Å². The summed E-state index contributed by atoms with van der Waals surface area (Å²) >= 11 is 3.43. The molecule has 0 saturated carbocycles. The molecule has 0 unspecified atom stereocenters. The quantitative estimate of drug-likeness (QED) is 0.773. The highest BCUT2D eigenvalue weighted by Gasteiger charge is 2.21. The summed E-state index contributed by atoms with van der Waals surface area (Å²) in [6.45, 7) is 2.20. The summed E-state index contributed by atoms with van der Waals surface area (Å²) < 4.78 is 5.91. The molecule has 4 heteroatoms. The molecular weight excluding hydrogens is 258 g/mol. The number of halogens is 1. The fourth-order valence-corrected chi connectivity index (χ4v) is 2.01. The zero-order valence-electron chi connectivity index (χ0n) is 8.29. The molecule has 2 rings (SSSR count). The third kappa shape index (κ3) is 1.95. The van der Waals surface area contributed by atoms with Crippen LogP contribution in [0.4, 0.5) is 0 Å². The second-order valence-corrected chi connectivity index (χ2v) is 4.07. The van der Waals surface area contributed by atoms with E-state index < -0.39 is 0 Å². The fraction of sp³-hybridized carbons (Fsp3) is 0.273. The predicted molar refractivity (Wildman–Crippen MR) is 60.3 cm³/mol. The Balaban J connectivity index is 2.28. The van der Waals surface area contributed by atoms with Gasteiger partial charge in [-0.2, -0.15) is 0 Å². The van der Waals surface area contributed by atoms with Crippen LogP contribution in [0.1, 0.15) is 18.2 Å². The molecule has 1 heterocycles. The molecule has 1 aliphatic carbocycles. The minimum absolute atomic E-state index is 0.248. The molecule has 1 aromatic rings. The lowest BCUT2D eigenvalue weighted by molar-refractivity contribution is -0.138. The Morgan fingerprint density at radius 2 is 2.47 bits per heavy atom. The van der Waals surface area contributed by atoms with E-state index in [9.17, 15) is 4.79 Å². The van der Waals surface area contributed by atoms with E-state index in [0.717, 1.165) is 15.7 Å². The summed E-state index contributed by atoms with van der Waals surface area (Å²) in [6.07, 6.45) is 4.13. The van der Waals surface area contributed by atoms with Gasteiger partial charge in [0.1, 0.15) is 0 Å². The number of pyridine rings is 1. The van der Waals surface area contributed by atoms with E-state index in [1.54, 1.807) is 13.1 Å². The molecule has 0 aromatic carbocycles. The molecule has 0 fully saturated rings. The maximum absolute atomic E-state index is 11.5. The highest BCUT2D eigenvalue weighted by molar-refractivity contribution is 9.10. The summed E-state index contributed by atoms with van der Waals surface area (Å²) in [4.78, 5) is 15.7. The number of nitrogens with zero attached hydrogens (tertiary/aromatic N) is 1. The van der Waals surface area contributed by atoms with Crippen LogP contribution < -0.4 is 0 Å². The predicted octanol–water partition coefficient (Wildman–Crippen LogP) is 2.35. The fourth-order valence-electron chi connectivity index (χ4n) is 1.54. The molecule has 0 N–H and O–H groups in total. The lowest BCUT2D eigenvalue weighted by Crippen LogP contribution is -2.07. The number of ether oxygens (including phenoxy) is 1. The van der Waals surface area contributed by atoms with E-state index in [4.69, 9.17) is 4.74 Å². The normalized spacial score (nSPS) is 13.3. The molecule has 0 aliphatic heterocycles. The summed E-state index contributed by atoms with van der Waals surface area (Å²) in [5.41, 5.74) is 2.58. The first-order chi connectivity index (χ1) is 7.22. The van der Waals surface area contributed by atoms with E-state index in [0.29, 0.717) is 18.6 Å². The molecule has 15 heavy (non-hydrogen) atoms. The monoisotopic (exact) mass is 267 g/mol. The molecule has 0 amide bonds. The molecule has 1 aliphatic rings. The first-order valence-electron chi connectivity index (χ1n) is 4.73. The van der Waals surface area contributed by atoms with Crippen LogP contribution in [0.5, 0.6) is 0 Å². The van der Waals surface area contributed by atoms with Crippen molar-refractivity contribution in [1.29, 1.82) is 0 Å². The van der Waals surface area contributed by atoms with Crippen molar-refractivity contribution >= 4 is 28.0 Å². The highest BCUT2D eigenvalue weighted by atomic mass is 79.9. The standard InChI is InChI=1S/C11H10BrNO2/c1-2-15-11(14)7-5-8-9(12)3-4-13-10(8)6-7/h3-5H,2,6H2,1H3. The second kappa shape index (κ2) is 4.14. The van der Waals surface area contributed by atoms with Gasteiger partial charge >= 0.3 is 5.97 Å². The molecule has 78 valence electrons. The Morgan fingerprint density at radius 1 is 1.67 bits per heavy atom. The number of carbonyl (C=O) groups excluding carboxylic acids is 1. The third-order valence-electron chi connectivity index (χ3n) is 2.23. The lowest BCUT2D eigenvalue weighted by Gasteiger charge is -2.00. The maximum atomic E-state index is 11.5. The van der Waals surface area contributed by atoms with E-state index in [1.807, 2.05) is 12.1 Å². The average Bonchev–Trinajstić information content (AvgIpc) is 2.63. The van der Waals surface area contributed by atoms with Gasteiger partial charge in [0.25, 0.3) is 0 Å². The zero-order valence-corrected chi connectivity index (χ0v) is 9.87. The highest BCUT2D eigenvalue weighted by Crippen LogP contribution is 2.29. The number of aromatic nitrogens is 1. The van der Waals surface area contributed by atoms with Gasteiger partial charge in [0.05, 0.1) is 12.3 Å². The SMILES string of the molecule is CCOC(=O)C1=Cc2c(Br)ccnc2C1. The maximum Gasteiger partial charge on any atom is 0.334 e. The average molecular weight is 268 g/mol. The second-order valence-electron chi connectivity index (χ2n) is 3.22. The number of esters is 1. The Kier molecular flexibility index (Phi) is 2.86. The van der Waals surface area contributed by atoms with Crippen molar-refractivity contribution in [1.82, 2.24) is 4.98 Å². The van der Waals surface area contributed by atoms with Gasteiger partial charge in [0.15, 0.2) is 0 Å². The van der Waals surface area contributed by atoms with Gasteiger partial charge < -0.3 is 4.74 Å². The van der Waals surface area contributed by atoms with Gasteiger partial charge in [-0.15, -0.1) is 0 Å². The number of hydrogen-bond acceptors (Lipinski definition) is 3. The Labute approximate surface area is 96.3 Å². The van der Waals surface area contributed by atoms with E-state index in [-0.39, 0.29) is 5.97 Å². The number of hydrogen-bond donors (Lipinski definition) is 0. The van der Waals surface area contributed by atoms with E-state index >= 15 is 0 Å². The van der Waals surface area contributed by atoms with Crippen molar-refractivity contribution in [3.63, 3.8) is 0 Å². The van der Waals surface area contributed by atoms with Gasteiger partial charge in [-0.05, 0) is 19.1 Å². The molecular formula is C11H10BrNO2. The van der Waals surface area contributed by atoms with Gasteiger partial charge in [-0.25, -0.2) is 4.79 Å². The Bertz CT molecular complexity index is 440. The summed E-state index contributed by atoms with van der Waals surface area (Å²) in [7, 11) is 0. The molecule has 0 saturated heterocycles. The molecule has 1 aromatic heterocycles. The van der Waals surface area contributed by atoms with Crippen LogP contribution in [0.15, 0.2) is 22.3 Å². The summed E-state index contributed by atoms with van der Waals surface area (Å²) in [5.74, 6) is -0.248. The summed E-state index contributed by atoms with van der Waals surface area (Å²) in [5, 5.41) is 0. The minimum atomic E-state index is -0.248. The van der Waals surface area contributed by atoms with Crippen LogP contribution in [0.25, 0.3) is 6.08 Å². The van der Waals surface area contributed by atoms with Crippen molar-refractivity contribution in [2.75, 3.05) is 6.61 Å². The third-order valence-corrected chi connectivity index (χ3v) is 2.93. The molecule has 0 bridgehead atoms. The first kappa shape index (κ1) is 10.4.